The van der Waals surface area contributed by atoms with Gasteiger partial charge in [0, 0.05) is 0 Å². The van der Waals surface area contributed by atoms with Crippen LogP contribution in [0.4, 0.5) is 39.5 Å². The highest BCUT2D eigenvalue weighted by Gasteiger charge is 3.00. The first-order valence-electron chi connectivity index (χ1n) is 3.48. The predicted molar refractivity (Wildman–Crippen MR) is 29.7 cm³/mol. The first kappa shape index (κ1) is 13.1. The van der Waals surface area contributed by atoms with Crippen molar-refractivity contribution in [2.75, 3.05) is 0 Å². The van der Waals surface area contributed by atoms with Gasteiger partial charge in [-0.2, -0.15) is 35.1 Å². The lowest BCUT2D eigenvalue weighted by Gasteiger charge is -2.24. The highest BCUT2D eigenvalue weighted by atomic mass is 19.4. The standard InChI is InChI=1S/C6HF9O/c7-2(1-16)3(8,9)5(12,13)6(14,15)4(2,10)11/h1H. The zero-order valence-electron chi connectivity index (χ0n) is 6.89. The summed E-state index contributed by atoms with van der Waals surface area (Å²) in [6.45, 7) is 0. The molecule has 1 rings (SSSR count). The zero-order chi connectivity index (χ0) is 13.2. The van der Waals surface area contributed by atoms with E-state index in [0.29, 0.717) is 0 Å². The molecule has 0 aromatic carbocycles. The SMILES string of the molecule is O=CC1(F)C(F)(F)C(F)(F)C(F)(F)C1(F)F. The van der Waals surface area contributed by atoms with Crippen LogP contribution >= 0.6 is 0 Å². The van der Waals surface area contributed by atoms with E-state index in [2.05, 4.69) is 0 Å². The smallest absolute Gasteiger partial charge is 0.299 e. The molecule has 0 amide bonds. The summed E-state index contributed by atoms with van der Waals surface area (Å²) in [5.41, 5.74) is -5.95. The molecule has 1 fully saturated rings. The largest absolute Gasteiger partial charge is 0.382 e. The van der Waals surface area contributed by atoms with Gasteiger partial charge in [-0.25, -0.2) is 4.39 Å². The molecule has 16 heavy (non-hydrogen) atoms. The zero-order valence-corrected chi connectivity index (χ0v) is 6.89. The van der Waals surface area contributed by atoms with Gasteiger partial charge < -0.3 is 0 Å². The van der Waals surface area contributed by atoms with Gasteiger partial charge in [0.2, 0.25) is 0 Å². The minimum absolute atomic E-state index is 1.93. The number of hydrogen-bond acceptors (Lipinski definition) is 1. The lowest BCUT2D eigenvalue weighted by Crippen LogP contribution is -2.55. The van der Waals surface area contributed by atoms with Crippen LogP contribution in [-0.2, 0) is 4.79 Å². The molecule has 0 radical (unpaired) electrons. The Labute approximate surface area is 81.2 Å². The van der Waals surface area contributed by atoms with Gasteiger partial charge in [0.05, 0.1) is 0 Å². The summed E-state index contributed by atoms with van der Waals surface area (Å²) in [7, 11) is 0. The first-order valence-corrected chi connectivity index (χ1v) is 3.48. The van der Waals surface area contributed by atoms with Gasteiger partial charge >= 0.3 is 29.4 Å². The molecule has 0 N–H and O–H groups in total. The second-order valence-electron chi connectivity index (χ2n) is 3.13. The van der Waals surface area contributed by atoms with Gasteiger partial charge in [-0.15, -0.1) is 0 Å². The molecular formula is C6HF9O. The van der Waals surface area contributed by atoms with E-state index in [1.807, 2.05) is 0 Å². The molecule has 94 valence electrons. The van der Waals surface area contributed by atoms with Crippen molar-refractivity contribution in [3.63, 3.8) is 0 Å². The summed E-state index contributed by atoms with van der Waals surface area (Å²) in [6.07, 6.45) is -1.93. The molecule has 1 nitrogen and oxygen atoms in total. The third kappa shape index (κ3) is 0.854. The maximum atomic E-state index is 12.8. The normalized spacial score (nSPS) is 32.3. The van der Waals surface area contributed by atoms with Crippen LogP contribution in [0.3, 0.4) is 0 Å². The van der Waals surface area contributed by atoms with Crippen molar-refractivity contribution in [1.82, 2.24) is 0 Å². The Kier molecular flexibility index (Phi) is 2.17. The Morgan fingerprint density at radius 1 is 0.562 bits per heavy atom. The van der Waals surface area contributed by atoms with E-state index in [4.69, 9.17) is 0 Å². The van der Waals surface area contributed by atoms with Gasteiger partial charge in [0.1, 0.15) is 0 Å². The summed E-state index contributed by atoms with van der Waals surface area (Å²) in [4.78, 5) is 9.73. The molecule has 0 aromatic rings. The molecule has 0 unspecified atom stereocenters. The van der Waals surface area contributed by atoms with Crippen molar-refractivity contribution in [1.29, 1.82) is 0 Å². The van der Waals surface area contributed by atoms with Crippen LogP contribution in [0.1, 0.15) is 0 Å². The lowest BCUT2D eigenvalue weighted by molar-refractivity contribution is -0.303. The number of carbonyl (C=O) groups excluding carboxylic acids is 1. The Morgan fingerprint density at radius 2 is 0.812 bits per heavy atom. The molecule has 0 aliphatic heterocycles. The average molecular weight is 260 g/mol. The molecule has 1 saturated carbocycles. The molecule has 0 bridgehead atoms. The number of halogens is 9. The second kappa shape index (κ2) is 2.65. The van der Waals surface area contributed by atoms with Crippen LogP contribution in [0.5, 0.6) is 0 Å². The van der Waals surface area contributed by atoms with Gasteiger partial charge in [0.15, 0.2) is 6.29 Å². The fourth-order valence-electron chi connectivity index (χ4n) is 1.20. The molecule has 1 aliphatic carbocycles. The van der Waals surface area contributed by atoms with Crippen molar-refractivity contribution >= 4 is 6.29 Å². The number of rotatable bonds is 1. The highest BCUT2D eigenvalue weighted by molar-refractivity contribution is 5.70. The van der Waals surface area contributed by atoms with E-state index in [0.717, 1.165) is 0 Å². The number of hydrogen-bond donors (Lipinski definition) is 0. The molecule has 0 saturated heterocycles. The average Bonchev–Trinajstić information content (AvgIpc) is 2.18. The summed E-state index contributed by atoms with van der Waals surface area (Å²) in [6, 6.07) is 0. The summed E-state index contributed by atoms with van der Waals surface area (Å²) in [5, 5.41) is 0. The van der Waals surface area contributed by atoms with E-state index < -0.39 is 35.6 Å². The third-order valence-electron chi connectivity index (χ3n) is 2.26. The number of alkyl halides is 9. The molecule has 0 spiro atoms. The summed E-state index contributed by atoms with van der Waals surface area (Å²) < 4.78 is 112. The van der Waals surface area contributed by atoms with Gasteiger partial charge in [-0.1, -0.05) is 0 Å². The van der Waals surface area contributed by atoms with Crippen LogP contribution in [-0.4, -0.2) is 35.6 Å². The van der Waals surface area contributed by atoms with Crippen LogP contribution in [0, 0.1) is 0 Å². The molecule has 0 atom stereocenters. The summed E-state index contributed by atoms with van der Waals surface area (Å²) in [5.74, 6) is -26.3. The van der Waals surface area contributed by atoms with Crippen molar-refractivity contribution in [3.8, 4) is 0 Å². The fourth-order valence-corrected chi connectivity index (χ4v) is 1.20. The minimum Gasteiger partial charge on any atom is -0.299 e. The van der Waals surface area contributed by atoms with Crippen molar-refractivity contribution in [3.05, 3.63) is 0 Å². The molecule has 1 aliphatic rings. The molecular weight excluding hydrogens is 259 g/mol. The predicted octanol–water partition coefficient (Wildman–Crippen LogP) is 2.45. The fraction of sp³-hybridized carbons (Fsp3) is 0.833. The van der Waals surface area contributed by atoms with Crippen LogP contribution in [0.15, 0.2) is 0 Å². The first-order chi connectivity index (χ1) is 6.81. The topological polar surface area (TPSA) is 17.1 Å². The summed E-state index contributed by atoms with van der Waals surface area (Å²) >= 11 is 0. The van der Waals surface area contributed by atoms with Crippen molar-refractivity contribution in [2.45, 2.75) is 29.4 Å². The van der Waals surface area contributed by atoms with Crippen LogP contribution < -0.4 is 0 Å². The van der Waals surface area contributed by atoms with Crippen LogP contribution in [0.2, 0.25) is 0 Å². The van der Waals surface area contributed by atoms with E-state index >= 15 is 0 Å². The number of carbonyl (C=O) groups is 1. The van der Waals surface area contributed by atoms with Crippen LogP contribution in [0.25, 0.3) is 0 Å². The van der Waals surface area contributed by atoms with Gasteiger partial charge in [0.25, 0.3) is 0 Å². The Hall–Kier alpha value is -0.960. The van der Waals surface area contributed by atoms with E-state index in [1.165, 1.54) is 0 Å². The molecule has 10 heteroatoms. The Morgan fingerprint density at radius 3 is 0.938 bits per heavy atom. The number of aldehydes is 1. The monoisotopic (exact) mass is 260 g/mol. The minimum atomic E-state index is -6.67. The third-order valence-corrected chi connectivity index (χ3v) is 2.26. The van der Waals surface area contributed by atoms with Crippen molar-refractivity contribution in [2.24, 2.45) is 0 Å². The quantitative estimate of drug-likeness (QED) is 0.522. The van der Waals surface area contributed by atoms with E-state index in [1.54, 1.807) is 0 Å². The van der Waals surface area contributed by atoms with Gasteiger partial charge in [-0.3, -0.25) is 4.79 Å². The van der Waals surface area contributed by atoms with E-state index in [-0.39, 0.29) is 0 Å². The Balaban J connectivity index is 3.65. The highest BCUT2D eigenvalue weighted by Crippen LogP contribution is 2.68. The van der Waals surface area contributed by atoms with Gasteiger partial charge in [-0.05, 0) is 0 Å². The molecule has 0 aromatic heterocycles. The molecule has 0 heterocycles. The lowest BCUT2D eigenvalue weighted by atomic mass is 9.99. The maximum Gasteiger partial charge on any atom is 0.382 e. The Bertz CT molecular complexity index is 307. The van der Waals surface area contributed by atoms with Crippen molar-refractivity contribution < 1.29 is 44.3 Å². The van der Waals surface area contributed by atoms with E-state index in [9.17, 15) is 44.3 Å². The maximum absolute atomic E-state index is 12.8. The second-order valence-corrected chi connectivity index (χ2v) is 3.13.